The van der Waals surface area contributed by atoms with Crippen molar-refractivity contribution in [1.29, 1.82) is 5.41 Å². The smallest absolute Gasteiger partial charge is 0.208 e. The quantitative estimate of drug-likeness (QED) is 0.217. The van der Waals surface area contributed by atoms with Crippen LogP contribution in [0.25, 0.3) is 11.0 Å². The number of hydrogen-bond donors (Lipinski definition) is 2. The first kappa shape index (κ1) is 21.1. The van der Waals surface area contributed by atoms with Crippen LogP contribution in [0.1, 0.15) is 10.4 Å². The number of hydrogen-bond acceptors (Lipinski definition) is 6. The fourth-order valence-electron chi connectivity index (χ4n) is 3.10. The predicted molar refractivity (Wildman–Crippen MR) is 126 cm³/mol. The van der Waals surface area contributed by atoms with Gasteiger partial charge in [0, 0.05) is 11.0 Å². The largest absolute Gasteiger partial charge is 0.383 e. The van der Waals surface area contributed by atoms with E-state index >= 15 is 0 Å². The highest BCUT2D eigenvalue weighted by atomic mass is 79.9. The number of halogens is 1. The van der Waals surface area contributed by atoms with E-state index in [-0.39, 0.29) is 15.6 Å². The van der Waals surface area contributed by atoms with Crippen molar-refractivity contribution in [1.82, 2.24) is 9.55 Å². The van der Waals surface area contributed by atoms with Crippen LogP contribution in [0.3, 0.4) is 0 Å². The Morgan fingerprint density at radius 3 is 2.67 bits per heavy atom. The van der Waals surface area contributed by atoms with Gasteiger partial charge in [-0.2, -0.15) is 0 Å². The number of thiophene rings is 1. The molecule has 0 radical (unpaired) electrons. The van der Waals surface area contributed by atoms with Crippen molar-refractivity contribution in [2.45, 2.75) is 20.5 Å². The van der Waals surface area contributed by atoms with Gasteiger partial charge in [0.2, 0.25) is 9.84 Å². The number of sulfone groups is 1. The number of aromatic nitrogens is 2. The number of fused-ring (bicyclic) bond motifs is 1. The van der Waals surface area contributed by atoms with E-state index in [0.29, 0.717) is 25.6 Å². The zero-order valence-electron chi connectivity index (χ0n) is 15.8. The van der Waals surface area contributed by atoms with Crippen LogP contribution in [0.5, 0.6) is 0 Å². The zero-order chi connectivity index (χ0) is 21.5. The van der Waals surface area contributed by atoms with Gasteiger partial charge in [0.15, 0.2) is 0 Å². The summed E-state index contributed by atoms with van der Waals surface area (Å²) in [5.74, 6) is -0.144. The molecule has 2 aromatic heterocycles. The summed E-state index contributed by atoms with van der Waals surface area (Å²) in [5, 5.41) is 7.65. The standard InChI is InChI=1S/C20H17BrN4O2S3/c1-28-20-17(9-16(29-20)19(22)23)30(26,27)13-7-14(21)18-15(8-13)25(11-24-18)10-12-5-3-2-4-6-12/h2-9,11H,10H2,1H3,(H3,22,23). The van der Waals surface area contributed by atoms with Gasteiger partial charge in [-0.05, 0) is 45.9 Å². The Kier molecular flexibility index (Phi) is 5.75. The molecular weight excluding hydrogens is 504 g/mol. The zero-order valence-corrected chi connectivity index (χ0v) is 19.8. The maximum atomic E-state index is 13.5. The molecule has 154 valence electrons. The molecular formula is C20H17BrN4O2S3. The minimum absolute atomic E-state index is 0.144. The molecule has 0 unspecified atom stereocenters. The molecule has 0 saturated heterocycles. The molecule has 0 aliphatic heterocycles. The lowest BCUT2D eigenvalue weighted by atomic mass is 10.2. The predicted octanol–water partition coefficient (Wildman–Crippen LogP) is 4.75. The van der Waals surface area contributed by atoms with E-state index in [0.717, 1.165) is 11.1 Å². The van der Waals surface area contributed by atoms with Crippen LogP contribution in [0, 0.1) is 5.41 Å². The summed E-state index contributed by atoms with van der Waals surface area (Å²) >= 11 is 6.01. The lowest BCUT2D eigenvalue weighted by molar-refractivity contribution is 0.595. The van der Waals surface area contributed by atoms with Crippen LogP contribution in [0.4, 0.5) is 0 Å². The maximum absolute atomic E-state index is 13.5. The van der Waals surface area contributed by atoms with Gasteiger partial charge >= 0.3 is 0 Å². The molecule has 0 aliphatic rings. The molecule has 2 aromatic carbocycles. The molecule has 0 saturated carbocycles. The second kappa shape index (κ2) is 8.18. The lowest BCUT2D eigenvalue weighted by Gasteiger charge is -2.09. The van der Waals surface area contributed by atoms with Crippen molar-refractivity contribution in [3.05, 3.63) is 69.8 Å². The molecule has 0 fully saturated rings. The SMILES string of the molecule is CSc1sc(C(=N)N)cc1S(=O)(=O)c1cc(Br)c2ncn(Cc3ccccc3)c2c1. The Hall–Kier alpha value is -2.14. The number of amidine groups is 1. The number of nitrogens with one attached hydrogen (secondary N) is 1. The van der Waals surface area contributed by atoms with Gasteiger partial charge in [-0.25, -0.2) is 13.4 Å². The number of benzene rings is 2. The summed E-state index contributed by atoms with van der Waals surface area (Å²) in [7, 11) is -3.81. The third-order valence-electron chi connectivity index (χ3n) is 4.56. The number of nitrogen functional groups attached to an aromatic ring is 1. The fraction of sp³-hybridized carbons (Fsp3) is 0.100. The molecule has 0 bridgehead atoms. The van der Waals surface area contributed by atoms with Crippen LogP contribution in [-0.2, 0) is 16.4 Å². The van der Waals surface area contributed by atoms with Crippen LogP contribution < -0.4 is 5.73 Å². The van der Waals surface area contributed by atoms with E-state index in [9.17, 15) is 8.42 Å². The number of thioether (sulfide) groups is 1. The highest BCUT2D eigenvalue weighted by Crippen LogP contribution is 2.38. The minimum Gasteiger partial charge on any atom is -0.383 e. The molecule has 0 aliphatic carbocycles. The van der Waals surface area contributed by atoms with Gasteiger partial charge in [0.25, 0.3) is 0 Å². The number of nitrogens with two attached hydrogens (primary N) is 1. The minimum atomic E-state index is -3.81. The van der Waals surface area contributed by atoms with Crippen LogP contribution >= 0.6 is 39.0 Å². The van der Waals surface area contributed by atoms with Crippen LogP contribution in [0.2, 0.25) is 0 Å². The van der Waals surface area contributed by atoms with E-state index in [1.165, 1.54) is 29.2 Å². The lowest BCUT2D eigenvalue weighted by Crippen LogP contribution is -2.09. The summed E-state index contributed by atoms with van der Waals surface area (Å²) in [5.41, 5.74) is 8.09. The number of nitrogens with zero attached hydrogens (tertiary/aromatic N) is 2. The molecule has 4 aromatic rings. The summed E-state index contributed by atoms with van der Waals surface area (Å²) in [6.07, 6.45) is 3.52. The van der Waals surface area contributed by atoms with Gasteiger partial charge in [-0.1, -0.05) is 30.3 Å². The van der Waals surface area contributed by atoms with Gasteiger partial charge in [0.1, 0.15) is 11.4 Å². The Balaban J connectivity index is 1.85. The summed E-state index contributed by atoms with van der Waals surface area (Å²) in [6, 6.07) is 14.6. The number of imidazole rings is 1. The summed E-state index contributed by atoms with van der Waals surface area (Å²) in [4.78, 5) is 5.22. The molecule has 0 spiro atoms. The molecule has 10 heteroatoms. The average Bonchev–Trinajstić information content (AvgIpc) is 3.34. The van der Waals surface area contributed by atoms with Crippen LogP contribution in [0.15, 0.2) is 73.3 Å². The Morgan fingerprint density at radius 2 is 2.00 bits per heavy atom. The Labute approximate surface area is 190 Å². The Morgan fingerprint density at radius 1 is 1.27 bits per heavy atom. The second-order valence-electron chi connectivity index (χ2n) is 6.51. The van der Waals surface area contributed by atoms with E-state index in [1.807, 2.05) is 41.2 Å². The number of rotatable bonds is 6. The van der Waals surface area contributed by atoms with Crippen molar-refractivity contribution >= 4 is 65.7 Å². The van der Waals surface area contributed by atoms with Crippen molar-refractivity contribution < 1.29 is 8.42 Å². The van der Waals surface area contributed by atoms with Gasteiger partial charge < -0.3 is 10.3 Å². The summed E-state index contributed by atoms with van der Waals surface area (Å²) < 4.78 is 30.1. The van der Waals surface area contributed by atoms with Crippen molar-refractivity contribution in [3.8, 4) is 0 Å². The van der Waals surface area contributed by atoms with Crippen molar-refractivity contribution in [2.24, 2.45) is 5.73 Å². The van der Waals surface area contributed by atoms with Crippen molar-refractivity contribution in [2.75, 3.05) is 6.26 Å². The molecule has 3 N–H and O–H groups in total. The fourth-order valence-corrected chi connectivity index (χ4v) is 7.71. The van der Waals surface area contributed by atoms with E-state index < -0.39 is 9.84 Å². The Bertz CT molecular complexity index is 1360. The highest BCUT2D eigenvalue weighted by Gasteiger charge is 2.26. The molecule has 4 rings (SSSR count). The topological polar surface area (TPSA) is 102 Å². The second-order valence-corrected chi connectivity index (χ2v) is 11.4. The molecule has 0 atom stereocenters. The molecule has 0 amide bonds. The molecule has 6 nitrogen and oxygen atoms in total. The monoisotopic (exact) mass is 520 g/mol. The van der Waals surface area contributed by atoms with Crippen LogP contribution in [-0.4, -0.2) is 30.1 Å². The van der Waals surface area contributed by atoms with E-state index in [2.05, 4.69) is 20.9 Å². The van der Waals surface area contributed by atoms with E-state index in [1.54, 1.807) is 18.5 Å². The first-order valence-corrected chi connectivity index (χ1v) is 13.1. The third-order valence-corrected chi connectivity index (χ3v) is 9.49. The van der Waals surface area contributed by atoms with Crippen molar-refractivity contribution in [3.63, 3.8) is 0 Å². The average molecular weight is 521 g/mol. The molecule has 2 heterocycles. The normalized spacial score (nSPS) is 11.8. The van der Waals surface area contributed by atoms with E-state index in [4.69, 9.17) is 11.1 Å². The first-order valence-electron chi connectivity index (χ1n) is 8.77. The first-order chi connectivity index (χ1) is 14.3. The van der Waals surface area contributed by atoms with Gasteiger partial charge in [-0.3, -0.25) is 5.41 Å². The van der Waals surface area contributed by atoms with Gasteiger partial charge in [-0.15, -0.1) is 23.1 Å². The molecule has 30 heavy (non-hydrogen) atoms. The third kappa shape index (κ3) is 3.80. The summed E-state index contributed by atoms with van der Waals surface area (Å²) in [6.45, 7) is 0.580. The highest BCUT2D eigenvalue weighted by molar-refractivity contribution is 9.10. The maximum Gasteiger partial charge on any atom is 0.208 e. The van der Waals surface area contributed by atoms with Gasteiger partial charge in [0.05, 0.1) is 30.7 Å².